The Hall–Kier alpha value is -2.61. The van der Waals surface area contributed by atoms with E-state index in [1.54, 1.807) is 13.2 Å². The quantitative estimate of drug-likeness (QED) is 0.652. The van der Waals surface area contributed by atoms with Crippen molar-refractivity contribution < 1.29 is 9.53 Å². The van der Waals surface area contributed by atoms with Crippen molar-refractivity contribution in [2.24, 2.45) is 0 Å². The van der Waals surface area contributed by atoms with Gasteiger partial charge in [-0.25, -0.2) is 0 Å². The summed E-state index contributed by atoms with van der Waals surface area (Å²) in [6.45, 7) is 2.10. The third-order valence-corrected chi connectivity index (χ3v) is 3.82. The molecular weight excluding hydrogens is 260 g/mol. The molecule has 3 aromatic rings. The van der Waals surface area contributed by atoms with E-state index in [4.69, 9.17) is 4.74 Å². The summed E-state index contributed by atoms with van der Waals surface area (Å²) in [5, 5.41) is 2.37. The molecule has 21 heavy (non-hydrogen) atoms. The Morgan fingerprint density at radius 1 is 0.905 bits per heavy atom. The third kappa shape index (κ3) is 2.29. The van der Waals surface area contributed by atoms with Crippen LogP contribution in [0.1, 0.15) is 15.9 Å². The number of fused-ring (bicyclic) bond motifs is 1. The first-order chi connectivity index (χ1) is 10.2. The maximum Gasteiger partial charge on any atom is 0.150 e. The Morgan fingerprint density at radius 2 is 1.62 bits per heavy atom. The molecule has 0 amide bonds. The van der Waals surface area contributed by atoms with Crippen LogP contribution in [0.3, 0.4) is 0 Å². The number of ether oxygens (including phenoxy) is 1. The van der Waals surface area contributed by atoms with Crippen LogP contribution in [0.25, 0.3) is 21.9 Å². The van der Waals surface area contributed by atoms with E-state index in [1.807, 2.05) is 24.3 Å². The number of hydrogen-bond donors (Lipinski definition) is 0. The molecule has 0 saturated heterocycles. The largest absolute Gasteiger partial charge is 0.497 e. The number of hydrogen-bond acceptors (Lipinski definition) is 2. The number of aldehydes is 1. The van der Waals surface area contributed by atoms with Gasteiger partial charge < -0.3 is 4.74 Å². The molecule has 0 atom stereocenters. The summed E-state index contributed by atoms with van der Waals surface area (Å²) >= 11 is 0. The number of carbonyl (C=O) groups excluding carboxylic acids is 1. The topological polar surface area (TPSA) is 26.3 Å². The summed E-state index contributed by atoms with van der Waals surface area (Å²) in [5.41, 5.74) is 3.88. The van der Waals surface area contributed by atoms with E-state index in [1.165, 1.54) is 10.9 Å². The van der Waals surface area contributed by atoms with E-state index in [2.05, 4.69) is 31.2 Å². The third-order valence-electron chi connectivity index (χ3n) is 3.82. The molecule has 0 N–H and O–H groups in total. The number of benzene rings is 3. The average molecular weight is 276 g/mol. The van der Waals surface area contributed by atoms with E-state index in [0.717, 1.165) is 22.8 Å². The van der Waals surface area contributed by atoms with Crippen LogP contribution in [0.15, 0.2) is 54.6 Å². The molecule has 0 heterocycles. The van der Waals surface area contributed by atoms with Crippen molar-refractivity contribution in [3.63, 3.8) is 0 Å². The normalized spacial score (nSPS) is 10.6. The first kappa shape index (κ1) is 13.4. The summed E-state index contributed by atoms with van der Waals surface area (Å²) in [6, 6.07) is 18.0. The molecule has 0 spiro atoms. The lowest BCUT2D eigenvalue weighted by molar-refractivity contribution is 0.112. The Labute approximate surface area is 124 Å². The zero-order valence-corrected chi connectivity index (χ0v) is 12.1. The number of carbonyl (C=O) groups is 1. The first-order valence-electron chi connectivity index (χ1n) is 6.86. The average Bonchev–Trinajstić information content (AvgIpc) is 2.55. The molecule has 0 saturated carbocycles. The maximum atomic E-state index is 11.4. The van der Waals surface area contributed by atoms with Gasteiger partial charge in [-0.05, 0) is 52.6 Å². The smallest absolute Gasteiger partial charge is 0.150 e. The molecular formula is C19H16O2. The van der Waals surface area contributed by atoms with Crippen LogP contribution in [0.2, 0.25) is 0 Å². The molecule has 3 aromatic carbocycles. The monoisotopic (exact) mass is 276 g/mol. The predicted molar refractivity (Wildman–Crippen MR) is 86.1 cm³/mol. The van der Waals surface area contributed by atoms with Crippen LogP contribution in [0.5, 0.6) is 5.75 Å². The summed E-state index contributed by atoms with van der Waals surface area (Å²) in [7, 11) is 1.60. The maximum absolute atomic E-state index is 11.4. The molecule has 0 radical (unpaired) electrons. The Morgan fingerprint density at radius 3 is 2.33 bits per heavy atom. The lowest BCUT2D eigenvalue weighted by Gasteiger charge is -2.12. The highest BCUT2D eigenvalue weighted by molar-refractivity contribution is 6.02. The molecule has 0 bridgehead atoms. The van der Waals surface area contributed by atoms with Gasteiger partial charge in [-0.2, -0.15) is 0 Å². The fourth-order valence-corrected chi connectivity index (χ4v) is 2.70. The molecule has 0 fully saturated rings. The van der Waals surface area contributed by atoms with Crippen molar-refractivity contribution in [1.82, 2.24) is 0 Å². The van der Waals surface area contributed by atoms with E-state index in [-0.39, 0.29) is 0 Å². The second-order valence-electron chi connectivity index (χ2n) is 5.05. The van der Waals surface area contributed by atoms with Gasteiger partial charge in [0, 0.05) is 5.56 Å². The first-order valence-corrected chi connectivity index (χ1v) is 6.86. The van der Waals surface area contributed by atoms with Crippen LogP contribution in [0.4, 0.5) is 0 Å². The lowest BCUT2D eigenvalue weighted by Crippen LogP contribution is -1.92. The van der Waals surface area contributed by atoms with Crippen LogP contribution in [-0.4, -0.2) is 13.4 Å². The van der Waals surface area contributed by atoms with E-state index < -0.39 is 0 Å². The van der Waals surface area contributed by atoms with Gasteiger partial charge in [0.2, 0.25) is 0 Å². The van der Waals surface area contributed by atoms with E-state index in [9.17, 15) is 4.79 Å². The van der Waals surface area contributed by atoms with E-state index in [0.29, 0.717) is 11.3 Å². The second-order valence-corrected chi connectivity index (χ2v) is 5.05. The second kappa shape index (κ2) is 5.41. The highest BCUT2D eigenvalue weighted by Crippen LogP contribution is 2.33. The van der Waals surface area contributed by atoms with Crippen molar-refractivity contribution >= 4 is 17.1 Å². The van der Waals surface area contributed by atoms with Crippen LogP contribution in [0, 0.1) is 6.92 Å². The zero-order chi connectivity index (χ0) is 14.8. The van der Waals surface area contributed by atoms with Crippen molar-refractivity contribution in [2.75, 3.05) is 7.11 Å². The Balaban J connectivity index is 2.31. The minimum Gasteiger partial charge on any atom is -0.497 e. The molecule has 3 rings (SSSR count). The molecule has 0 aliphatic carbocycles. The van der Waals surface area contributed by atoms with Gasteiger partial charge in [-0.15, -0.1) is 0 Å². The van der Waals surface area contributed by atoms with Gasteiger partial charge >= 0.3 is 0 Å². The van der Waals surface area contributed by atoms with Gasteiger partial charge in [0.15, 0.2) is 6.29 Å². The molecule has 0 aliphatic heterocycles. The predicted octanol–water partition coefficient (Wildman–Crippen LogP) is 4.64. The van der Waals surface area contributed by atoms with Crippen LogP contribution >= 0.6 is 0 Å². The van der Waals surface area contributed by atoms with Crippen molar-refractivity contribution in [3.8, 4) is 16.9 Å². The number of aryl methyl sites for hydroxylation is 1. The molecule has 0 aliphatic rings. The number of methoxy groups -OCH3 is 1. The molecule has 0 aromatic heterocycles. The molecule has 0 unspecified atom stereocenters. The summed E-state index contributed by atoms with van der Waals surface area (Å²) in [6.07, 6.45) is 0.881. The van der Waals surface area contributed by atoms with Crippen molar-refractivity contribution in [2.45, 2.75) is 6.92 Å². The van der Waals surface area contributed by atoms with E-state index >= 15 is 0 Å². The summed E-state index contributed by atoms with van der Waals surface area (Å²) < 4.78 is 5.20. The highest BCUT2D eigenvalue weighted by atomic mass is 16.5. The van der Waals surface area contributed by atoms with Gasteiger partial charge in [0.1, 0.15) is 5.75 Å². The number of rotatable bonds is 3. The molecule has 2 nitrogen and oxygen atoms in total. The molecule has 104 valence electrons. The highest BCUT2D eigenvalue weighted by Gasteiger charge is 2.10. The fourth-order valence-electron chi connectivity index (χ4n) is 2.70. The minimum atomic E-state index is 0.642. The Bertz CT molecular complexity index is 819. The SMILES string of the molecule is COc1ccc(-c2ccc(C)c3ccccc23)c(C=O)c1. The standard InChI is InChI=1S/C19H16O2/c1-13-7-9-19(18-6-4-3-5-16(13)18)17-10-8-15(21-2)11-14(17)12-20/h3-12H,1-2H3. The fraction of sp³-hybridized carbons (Fsp3) is 0.105. The summed E-state index contributed by atoms with van der Waals surface area (Å²) in [4.78, 5) is 11.4. The van der Waals surface area contributed by atoms with Crippen molar-refractivity contribution in [1.29, 1.82) is 0 Å². The zero-order valence-electron chi connectivity index (χ0n) is 12.1. The van der Waals surface area contributed by atoms with Gasteiger partial charge in [-0.3, -0.25) is 4.79 Å². The minimum absolute atomic E-state index is 0.642. The summed E-state index contributed by atoms with van der Waals surface area (Å²) in [5.74, 6) is 0.692. The van der Waals surface area contributed by atoms with Crippen LogP contribution in [-0.2, 0) is 0 Å². The van der Waals surface area contributed by atoms with Gasteiger partial charge in [0.25, 0.3) is 0 Å². The Kier molecular flexibility index (Phi) is 3.44. The van der Waals surface area contributed by atoms with Crippen LogP contribution < -0.4 is 4.74 Å². The lowest BCUT2D eigenvalue weighted by atomic mass is 9.93. The van der Waals surface area contributed by atoms with Gasteiger partial charge in [-0.1, -0.05) is 36.4 Å². The van der Waals surface area contributed by atoms with Gasteiger partial charge in [0.05, 0.1) is 7.11 Å². The van der Waals surface area contributed by atoms with Crippen molar-refractivity contribution in [3.05, 3.63) is 65.7 Å². The molecule has 2 heteroatoms.